The molecule has 5 heteroatoms. The van der Waals surface area contributed by atoms with E-state index in [0.29, 0.717) is 17.5 Å². The van der Waals surface area contributed by atoms with Crippen molar-refractivity contribution in [3.05, 3.63) is 169 Å². The number of hydrogen-bond donors (Lipinski definition) is 0. The van der Waals surface area contributed by atoms with Crippen molar-refractivity contribution in [2.75, 3.05) is 0 Å². The van der Waals surface area contributed by atoms with Gasteiger partial charge in [0.1, 0.15) is 11.2 Å². The number of fused-ring (bicyclic) bond motifs is 10. The lowest BCUT2D eigenvalue weighted by molar-refractivity contribution is 0.649. The summed E-state index contributed by atoms with van der Waals surface area (Å²) in [5, 5.41) is 4.48. The number of aromatic nitrogens is 4. The minimum absolute atomic E-state index is 0.107. The van der Waals surface area contributed by atoms with Gasteiger partial charge in [0.15, 0.2) is 17.5 Å². The van der Waals surface area contributed by atoms with Gasteiger partial charge in [-0.2, -0.15) is 0 Å². The lowest BCUT2D eigenvalue weighted by Crippen LogP contribution is -2.14. The lowest BCUT2D eigenvalue weighted by Gasteiger charge is -2.21. The van der Waals surface area contributed by atoms with Gasteiger partial charge in [-0.05, 0) is 64.7 Å². The Balaban J connectivity index is 1.16. The van der Waals surface area contributed by atoms with Crippen LogP contribution in [0.15, 0.2) is 162 Å². The Labute approximate surface area is 305 Å². The van der Waals surface area contributed by atoms with Crippen LogP contribution in [0.2, 0.25) is 0 Å². The van der Waals surface area contributed by atoms with Crippen LogP contribution in [0, 0.1) is 0 Å². The highest BCUT2D eigenvalue weighted by Gasteiger charge is 2.36. The third-order valence-electron chi connectivity index (χ3n) is 11.1. The molecule has 53 heavy (non-hydrogen) atoms. The molecule has 5 nitrogen and oxygen atoms in total. The van der Waals surface area contributed by atoms with Crippen molar-refractivity contribution < 1.29 is 4.42 Å². The molecule has 0 bridgehead atoms. The van der Waals surface area contributed by atoms with Gasteiger partial charge in [-0.3, -0.25) is 0 Å². The molecule has 1 aliphatic rings. The standard InChI is InChI=1S/C48H32N4O/c1-48(2)37-22-12-9-19-31(37)35-27-36-32-25-26-41-43(44(32)53-42(36)28-38(35)48)33-20-10-13-23-39(33)52(41)40-24-14-11-21-34(40)47-50-45(29-15-5-3-6-16-29)49-46(51-47)30-17-7-4-8-18-30/h3-28H,1-2H3. The Morgan fingerprint density at radius 3 is 1.85 bits per heavy atom. The van der Waals surface area contributed by atoms with Crippen LogP contribution in [0.4, 0.5) is 0 Å². The molecule has 7 aromatic carbocycles. The van der Waals surface area contributed by atoms with E-state index in [1.807, 2.05) is 60.7 Å². The number of furan rings is 1. The van der Waals surface area contributed by atoms with Gasteiger partial charge in [-0.15, -0.1) is 0 Å². The van der Waals surface area contributed by atoms with Crippen molar-refractivity contribution in [1.29, 1.82) is 0 Å². The highest BCUT2D eigenvalue weighted by molar-refractivity contribution is 6.24. The number of para-hydroxylation sites is 2. The molecule has 1 aliphatic carbocycles. The first kappa shape index (κ1) is 29.8. The van der Waals surface area contributed by atoms with Gasteiger partial charge in [0.05, 0.1) is 22.1 Å². The molecular formula is C48H32N4O. The molecule has 3 heterocycles. The molecular weight excluding hydrogens is 649 g/mol. The lowest BCUT2D eigenvalue weighted by atomic mass is 9.82. The zero-order valence-electron chi connectivity index (χ0n) is 29.2. The van der Waals surface area contributed by atoms with E-state index in [9.17, 15) is 0 Å². The average molecular weight is 681 g/mol. The molecule has 0 atom stereocenters. The first-order chi connectivity index (χ1) is 26.0. The molecule has 0 unspecified atom stereocenters. The molecule has 0 fully saturated rings. The van der Waals surface area contributed by atoms with Crippen LogP contribution in [0.25, 0.3) is 94.7 Å². The summed E-state index contributed by atoms with van der Waals surface area (Å²) in [7, 11) is 0. The Hall–Kier alpha value is -6.85. The van der Waals surface area contributed by atoms with E-state index < -0.39 is 0 Å². The van der Waals surface area contributed by atoms with Crippen LogP contribution in [0.3, 0.4) is 0 Å². The number of hydrogen-bond acceptors (Lipinski definition) is 4. The average Bonchev–Trinajstić information content (AvgIpc) is 3.83. The molecule has 0 amide bonds. The Kier molecular flexibility index (Phi) is 6.23. The largest absolute Gasteiger partial charge is 0.455 e. The molecule has 0 aliphatic heterocycles. The summed E-state index contributed by atoms with van der Waals surface area (Å²) in [6.45, 7) is 4.63. The summed E-state index contributed by atoms with van der Waals surface area (Å²) in [5.41, 5.74) is 12.9. The van der Waals surface area contributed by atoms with Gasteiger partial charge in [0.25, 0.3) is 0 Å². The highest BCUT2D eigenvalue weighted by Crippen LogP contribution is 2.51. The maximum atomic E-state index is 6.94. The van der Waals surface area contributed by atoms with Gasteiger partial charge in [-0.1, -0.05) is 129 Å². The van der Waals surface area contributed by atoms with Crippen molar-refractivity contribution in [2.24, 2.45) is 0 Å². The minimum atomic E-state index is -0.107. The van der Waals surface area contributed by atoms with Crippen molar-refractivity contribution in [3.63, 3.8) is 0 Å². The van der Waals surface area contributed by atoms with Crippen molar-refractivity contribution in [1.82, 2.24) is 19.5 Å². The zero-order valence-corrected chi connectivity index (χ0v) is 29.2. The first-order valence-corrected chi connectivity index (χ1v) is 18.0. The van der Waals surface area contributed by atoms with E-state index in [4.69, 9.17) is 19.4 Å². The third-order valence-corrected chi connectivity index (χ3v) is 11.1. The maximum Gasteiger partial charge on any atom is 0.166 e. The summed E-state index contributed by atoms with van der Waals surface area (Å²) in [5.74, 6) is 1.88. The molecule has 0 radical (unpaired) electrons. The fourth-order valence-corrected chi connectivity index (χ4v) is 8.53. The van der Waals surface area contributed by atoms with Crippen molar-refractivity contribution in [3.8, 4) is 51.0 Å². The Morgan fingerprint density at radius 1 is 0.472 bits per heavy atom. The van der Waals surface area contributed by atoms with E-state index >= 15 is 0 Å². The topological polar surface area (TPSA) is 56.7 Å². The Bertz CT molecular complexity index is 3020. The van der Waals surface area contributed by atoms with Gasteiger partial charge < -0.3 is 8.98 Å². The van der Waals surface area contributed by atoms with Crippen LogP contribution < -0.4 is 0 Å². The predicted molar refractivity (Wildman–Crippen MR) is 215 cm³/mol. The normalized spacial score (nSPS) is 13.2. The fourth-order valence-electron chi connectivity index (χ4n) is 8.53. The van der Waals surface area contributed by atoms with E-state index in [1.54, 1.807) is 0 Å². The zero-order chi connectivity index (χ0) is 35.3. The van der Waals surface area contributed by atoms with Crippen LogP contribution >= 0.6 is 0 Å². The SMILES string of the molecule is CC1(C)c2ccccc2-c2cc3c(cc21)oc1c3ccc2c1c1ccccc1n2-c1ccccc1-c1nc(-c2ccccc2)nc(-c2ccccc2)n1. The van der Waals surface area contributed by atoms with Crippen LogP contribution in [-0.2, 0) is 5.41 Å². The molecule has 0 saturated heterocycles. The second-order valence-corrected chi connectivity index (χ2v) is 14.4. The van der Waals surface area contributed by atoms with Gasteiger partial charge in [0.2, 0.25) is 0 Å². The van der Waals surface area contributed by atoms with Crippen LogP contribution in [0.5, 0.6) is 0 Å². The molecule has 0 N–H and O–H groups in total. The minimum Gasteiger partial charge on any atom is -0.455 e. The summed E-state index contributed by atoms with van der Waals surface area (Å²) < 4.78 is 9.27. The summed E-state index contributed by atoms with van der Waals surface area (Å²) >= 11 is 0. The van der Waals surface area contributed by atoms with Crippen LogP contribution in [-0.4, -0.2) is 19.5 Å². The fraction of sp³-hybridized carbons (Fsp3) is 0.0625. The van der Waals surface area contributed by atoms with Gasteiger partial charge in [0, 0.05) is 38.3 Å². The molecule has 250 valence electrons. The second kappa shape index (κ2) is 11.1. The quantitative estimate of drug-likeness (QED) is 0.186. The van der Waals surface area contributed by atoms with Gasteiger partial charge >= 0.3 is 0 Å². The maximum absolute atomic E-state index is 6.94. The third kappa shape index (κ3) is 4.34. The molecule has 10 aromatic rings. The summed E-state index contributed by atoms with van der Waals surface area (Å²) in [4.78, 5) is 15.2. The van der Waals surface area contributed by atoms with E-state index in [2.05, 4.69) is 115 Å². The monoisotopic (exact) mass is 680 g/mol. The van der Waals surface area contributed by atoms with Crippen molar-refractivity contribution in [2.45, 2.75) is 19.3 Å². The number of benzene rings is 7. The second-order valence-electron chi connectivity index (χ2n) is 14.4. The molecule has 11 rings (SSSR count). The van der Waals surface area contributed by atoms with E-state index in [0.717, 1.165) is 66.1 Å². The predicted octanol–water partition coefficient (Wildman–Crippen LogP) is 12.2. The smallest absolute Gasteiger partial charge is 0.166 e. The number of rotatable bonds is 4. The summed E-state index contributed by atoms with van der Waals surface area (Å²) in [6, 6.07) is 55.1. The summed E-state index contributed by atoms with van der Waals surface area (Å²) in [6.07, 6.45) is 0. The molecule has 0 spiro atoms. The molecule has 3 aromatic heterocycles. The molecule has 0 saturated carbocycles. The van der Waals surface area contributed by atoms with Crippen LogP contribution in [0.1, 0.15) is 25.0 Å². The van der Waals surface area contributed by atoms with E-state index in [1.165, 1.54) is 22.3 Å². The Morgan fingerprint density at radius 2 is 1.09 bits per heavy atom. The van der Waals surface area contributed by atoms with Gasteiger partial charge in [-0.25, -0.2) is 15.0 Å². The van der Waals surface area contributed by atoms with E-state index in [-0.39, 0.29) is 5.41 Å². The number of nitrogens with zero attached hydrogens (tertiary/aromatic N) is 4. The first-order valence-electron chi connectivity index (χ1n) is 18.0. The highest BCUT2D eigenvalue weighted by atomic mass is 16.3. The van der Waals surface area contributed by atoms with Crippen molar-refractivity contribution >= 4 is 43.7 Å².